The summed E-state index contributed by atoms with van der Waals surface area (Å²) in [6, 6.07) is 14.9. The molecule has 2 amide bonds. The Morgan fingerprint density at radius 1 is 1.14 bits per heavy atom. The van der Waals surface area contributed by atoms with Crippen LogP contribution in [0.15, 0.2) is 70.4 Å². The first-order valence-corrected chi connectivity index (χ1v) is 12.9. The van der Waals surface area contributed by atoms with E-state index in [2.05, 4.69) is 15.8 Å². The summed E-state index contributed by atoms with van der Waals surface area (Å²) in [5.74, 6) is 0.206. The summed E-state index contributed by atoms with van der Waals surface area (Å²) in [5, 5.41) is 7.02. The minimum absolute atomic E-state index is 0.159. The van der Waals surface area contributed by atoms with Gasteiger partial charge < -0.3 is 14.5 Å². The van der Waals surface area contributed by atoms with Crippen molar-refractivity contribution in [2.75, 3.05) is 23.7 Å². The van der Waals surface area contributed by atoms with Gasteiger partial charge in [-0.05, 0) is 72.6 Å². The van der Waals surface area contributed by atoms with Crippen molar-refractivity contribution in [2.24, 2.45) is 5.10 Å². The van der Waals surface area contributed by atoms with Crippen LogP contribution in [0.4, 0.5) is 5.69 Å². The number of benzene rings is 2. The van der Waals surface area contributed by atoms with Gasteiger partial charge in [0.15, 0.2) is 6.61 Å². The molecule has 10 nitrogen and oxygen atoms in total. The van der Waals surface area contributed by atoms with E-state index in [-0.39, 0.29) is 19.1 Å². The molecule has 3 rings (SSSR count). The van der Waals surface area contributed by atoms with Crippen molar-refractivity contribution in [3.05, 3.63) is 82.8 Å². The van der Waals surface area contributed by atoms with Gasteiger partial charge in [0, 0.05) is 5.02 Å². The fraction of sp³-hybridized carbons (Fsp3) is 0.208. The third-order valence-corrected chi connectivity index (χ3v) is 6.17. The van der Waals surface area contributed by atoms with Gasteiger partial charge >= 0.3 is 0 Å². The van der Waals surface area contributed by atoms with Crippen molar-refractivity contribution >= 4 is 45.3 Å². The standard InChI is InChI=1S/C24H25ClN4O6S/c1-17-12-19(25)7-10-22(17)29(36(2,32)33)15-23(30)28-27-13-18-5-8-20(9-6-18)35-16-24(31)26-14-21-4-3-11-34-21/h3-13H,14-16H2,1-2H3,(H,26,31)(H,28,30)/b27-13-. The third kappa shape index (κ3) is 8.14. The first-order chi connectivity index (χ1) is 17.1. The second kappa shape index (κ2) is 12.2. The van der Waals surface area contributed by atoms with Crippen LogP contribution in [-0.4, -0.2) is 45.9 Å². The number of rotatable bonds is 11. The molecule has 2 aromatic carbocycles. The number of aryl methyl sites for hydroxylation is 1. The molecular weight excluding hydrogens is 508 g/mol. The van der Waals surface area contributed by atoms with Crippen LogP contribution >= 0.6 is 11.6 Å². The number of hydrogen-bond donors (Lipinski definition) is 2. The van der Waals surface area contributed by atoms with Crippen LogP contribution in [0, 0.1) is 6.92 Å². The van der Waals surface area contributed by atoms with Gasteiger partial charge in [-0.25, -0.2) is 13.8 Å². The SMILES string of the molecule is Cc1cc(Cl)ccc1N(CC(=O)N/N=C\c1ccc(OCC(=O)NCc2ccco2)cc1)S(C)(=O)=O. The maximum Gasteiger partial charge on any atom is 0.260 e. The van der Waals surface area contributed by atoms with Crippen molar-refractivity contribution in [1.29, 1.82) is 0 Å². The molecule has 1 heterocycles. The summed E-state index contributed by atoms with van der Waals surface area (Å²) in [4.78, 5) is 24.2. The molecule has 0 aliphatic rings. The number of carbonyl (C=O) groups excluding carboxylic acids is 2. The molecule has 0 fully saturated rings. The smallest absolute Gasteiger partial charge is 0.260 e. The van der Waals surface area contributed by atoms with E-state index in [1.54, 1.807) is 61.5 Å². The minimum Gasteiger partial charge on any atom is -0.484 e. The lowest BCUT2D eigenvalue weighted by molar-refractivity contribution is -0.123. The van der Waals surface area contributed by atoms with Gasteiger partial charge in [-0.1, -0.05) is 11.6 Å². The summed E-state index contributed by atoms with van der Waals surface area (Å²) >= 11 is 5.94. The summed E-state index contributed by atoms with van der Waals surface area (Å²) in [7, 11) is -3.73. The van der Waals surface area contributed by atoms with Crippen LogP contribution < -0.4 is 19.8 Å². The zero-order chi connectivity index (χ0) is 26.1. The highest BCUT2D eigenvalue weighted by atomic mass is 35.5. The molecule has 0 spiro atoms. The predicted octanol–water partition coefficient (Wildman–Crippen LogP) is 2.85. The lowest BCUT2D eigenvalue weighted by atomic mass is 10.2. The Kier molecular flexibility index (Phi) is 9.09. The molecule has 3 aromatic rings. The second-order valence-electron chi connectivity index (χ2n) is 7.71. The Balaban J connectivity index is 1.49. The highest BCUT2D eigenvalue weighted by molar-refractivity contribution is 7.92. The highest BCUT2D eigenvalue weighted by Crippen LogP contribution is 2.25. The van der Waals surface area contributed by atoms with Crippen LogP contribution in [0.5, 0.6) is 5.75 Å². The average molecular weight is 533 g/mol. The minimum atomic E-state index is -3.73. The van der Waals surface area contributed by atoms with Crippen molar-refractivity contribution in [3.63, 3.8) is 0 Å². The summed E-state index contributed by atoms with van der Waals surface area (Å²) in [5.41, 5.74) is 3.94. The number of amides is 2. The molecule has 0 unspecified atom stereocenters. The number of carbonyl (C=O) groups is 2. The van der Waals surface area contributed by atoms with E-state index in [0.29, 0.717) is 33.3 Å². The van der Waals surface area contributed by atoms with Crippen molar-refractivity contribution in [1.82, 2.24) is 10.7 Å². The van der Waals surface area contributed by atoms with Gasteiger partial charge in [0.2, 0.25) is 10.0 Å². The third-order valence-electron chi connectivity index (χ3n) is 4.81. The van der Waals surface area contributed by atoms with E-state index in [4.69, 9.17) is 20.8 Å². The van der Waals surface area contributed by atoms with Crippen LogP contribution in [0.2, 0.25) is 5.02 Å². The molecule has 1 aromatic heterocycles. The number of hydrogen-bond acceptors (Lipinski definition) is 7. The van der Waals surface area contributed by atoms with Gasteiger partial charge in [-0.15, -0.1) is 0 Å². The number of sulfonamides is 1. The number of furan rings is 1. The van der Waals surface area contributed by atoms with Crippen molar-refractivity contribution in [2.45, 2.75) is 13.5 Å². The summed E-state index contributed by atoms with van der Waals surface area (Å²) in [6.45, 7) is 1.37. The average Bonchev–Trinajstić information content (AvgIpc) is 3.34. The molecule has 0 bridgehead atoms. The predicted molar refractivity (Wildman–Crippen MR) is 137 cm³/mol. The molecule has 0 aliphatic carbocycles. The van der Waals surface area contributed by atoms with Gasteiger partial charge in [-0.2, -0.15) is 5.10 Å². The molecule has 190 valence electrons. The first-order valence-electron chi connectivity index (χ1n) is 10.7. The van der Waals surface area contributed by atoms with E-state index in [1.165, 1.54) is 12.5 Å². The Morgan fingerprint density at radius 3 is 2.53 bits per heavy atom. The molecule has 12 heteroatoms. The zero-order valence-corrected chi connectivity index (χ0v) is 21.2. The van der Waals surface area contributed by atoms with Crippen LogP contribution in [-0.2, 0) is 26.2 Å². The molecule has 0 saturated carbocycles. The summed E-state index contributed by atoms with van der Waals surface area (Å²) < 4.78 is 36.1. The molecular formula is C24H25ClN4O6S. The number of hydrazone groups is 1. The highest BCUT2D eigenvalue weighted by Gasteiger charge is 2.22. The molecule has 36 heavy (non-hydrogen) atoms. The van der Waals surface area contributed by atoms with E-state index in [9.17, 15) is 18.0 Å². The lowest BCUT2D eigenvalue weighted by Crippen LogP contribution is -2.39. The Hall–Kier alpha value is -3.83. The van der Waals surface area contributed by atoms with Crippen LogP contribution in [0.25, 0.3) is 0 Å². The fourth-order valence-electron chi connectivity index (χ4n) is 3.07. The molecule has 0 aliphatic heterocycles. The lowest BCUT2D eigenvalue weighted by Gasteiger charge is -2.23. The van der Waals surface area contributed by atoms with Crippen molar-refractivity contribution in [3.8, 4) is 5.75 Å². The fourth-order valence-corrected chi connectivity index (χ4v) is 4.21. The van der Waals surface area contributed by atoms with E-state index >= 15 is 0 Å². The normalized spacial score (nSPS) is 11.3. The number of anilines is 1. The molecule has 0 atom stereocenters. The first kappa shape index (κ1) is 26.8. The molecule has 2 N–H and O–H groups in total. The largest absolute Gasteiger partial charge is 0.484 e. The van der Waals surface area contributed by atoms with E-state index in [0.717, 1.165) is 10.6 Å². The maximum absolute atomic E-state index is 12.4. The van der Waals surface area contributed by atoms with Gasteiger partial charge in [-0.3, -0.25) is 13.9 Å². The maximum atomic E-state index is 12.4. The number of nitrogens with zero attached hydrogens (tertiary/aromatic N) is 2. The Morgan fingerprint density at radius 2 is 1.89 bits per heavy atom. The van der Waals surface area contributed by atoms with Crippen LogP contribution in [0.1, 0.15) is 16.9 Å². The van der Waals surface area contributed by atoms with E-state index in [1.807, 2.05) is 0 Å². The number of nitrogens with one attached hydrogen (secondary N) is 2. The topological polar surface area (TPSA) is 130 Å². The number of ether oxygens (including phenoxy) is 1. The monoisotopic (exact) mass is 532 g/mol. The Bertz CT molecular complexity index is 1330. The number of halogens is 1. The zero-order valence-electron chi connectivity index (χ0n) is 19.6. The van der Waals surface area contributed by atoms with Gasteiger partial charge in [0.25, 0.3) is 11.8 Å². The van der Waals surface area contributed by atoms with E-state index < -0.39 is 22.5 Å². The molecule has 0 saturated heterocycles. The molecule has 0 radical (unpaired) electrons. The Labute approximate surface area is 213 Å². The van der Waals surface area contributed by atoms with Gasteiger partial charge in [0.1, 0.15) is 18.1 Å². The second-order valence-corrected chi connectivity index (χ2v) is 10.1. The van der Waals surface area contributed by atoms with Gasteiger partial charge in [0.05, 0.1) is 31.0 Å². The van der Waals surface area contributed by atoms with Crippen LogP contribution in [0.3, 0.4) is 0 Å². The van der Waals surface area contributed by atoms with Crippen molar-refractivity contribution < 1.29 is 27.2 Å². The quantitative estimate of drug-likeness (QED) is 0.288. The summed E-state index contributed by atoms with van der Waals surface area (Å²) in [6.07, 6.45) is 3.95.